The number of aromatic amines is 1. The van der Waals surface area contributed by atoms with Gasteiger partial charge in [-0.1, -0.05) is 22.0 Å². The number of hydrogen-bond acceptors (Lipinski definition) is 5. The standard InChI is InChI=1S/C13H16BrN5O3S2/c1-19-11(17-18-13(19)23)8-15-12(20)5-6-16-24(21,22)10-4-2-3-9(14)7-10/h2-4,7,16H,5-6,8H2,1H3,(H,15,20)(H,18,23). The fourth-order valence-electron chi connectivity index (χ4n) is 1.82. The molecule has 2 aromatic rings. The van der Waals surface area contributed by atoms with Crippen LogP contribution in [-0.4, -0.2) is 35.6 Å². The summed E-state index contributed by atoms with van der Waals surface area (Å²) in [7, 11) is -1.91. The molecule has 24 heavy (non-hydrogen) atoms. The zero-order valence-electron chi connectivity index (χ0n) is 12.7. The number of benzene rings is 1. The van der Waals surface area contributed by atoms with E-state index >= 15 is 0 Å². The predicted molar refractivity (Wildman–Crippen MR) is 94.2 cm³/mol. The van der Waals surface area contributed by atoms with E-state index in [0.29, 0.717) is 15.1 Å². The van der Waals surface area contributed by atoms with Gasteiger partial charge in [-0.3, -0.25) is 9.89 Å². The number of carbonyl (C=O) groups excluding carboxylic acids is 1. The van der Waals surface area contributed by atoms with E-state index in [-0.39, 0.29) is 30.3 Å². The number of nitrogens with zero attached hydrogens (tertiary/aromatic N) is 2. The number of H-pyrrole nitrogens is 1. The normalized spacial score (nSPS) is 11.4. The van der Waals surface area contributed by atoms with Gasteiger partial charge in [-0.2, -0.15) is 5.10 Å². The van der Waals surface area contributed by atoms with Crippen LogP contribution < -0.4 is 10.0 Å². The highest BCUT2D eigenvalue weighted by Gasteiger charge is 2.14. The van der Waals surface area contributed by atoms with Gasteiger partial charge >= 0.3 is 0 Å². The molecule has 3 N–H and O–H groups in total. The van der Waals surface area contributed by atoms with E-state index in [2.05, 4.69) is 36.2 Å². The number of nitrogens with one attached hydrogen (secondary N) is 3. The highest BCUT2D eigenvalue weighted by atomic mass is 79.9. The van der Waals surface area contributed by atoms with E-state index in [4.69, 9.17) is 12.2 Å². The third-order valence-corrected chi connectivity index (χ3v) is 5.48. The van der Waals surface area contributed by atoms with Gasteiger partial charge in [-0.15, -0.1) is 0 Å². The van der Waals surface area contributed by atoms with Gasteiger partial charge in [0.15, 0.2) is 10.6 Å². The number of rotatable bonds is 7. The van der Waals surface area contributed by atoms with Crippen LogP contribution >= 0.6 is 28.1 Å². The Bertz CT molecular complexity index is 891. The van der Waals surface area contributed by atoms with Crippen molar-refractivity contribution in [1.82, 2.24) is 24.8 Å². The largest absolute Gasteiger partial charge is 0.349 e. The average Bonchev–Trinajstić information content (AvgIpc) is 2.84. The SMILES string of the molecule is Cn1c(CNC(=O)CCNS(=O)(=O)c2cccc(Br)c2)n[nH]c1=S. The molecule has 1 amide bonds. The maximum absolute atomic E-state index is 12.1. The predicted octanol–water partition coefficient (Wildman–Crippen LogP) is 1.22. The van der Waals surface area contributed by atoms with Crippen molar-refractivity contribution < 1.29 is 13.2 Å². The highest BCUT2D eigenvalue weighted by molar-refractivity contribution is 9.10. The molecule has 0 fully saturated rings. The van der Waals surface area contributed by atoms with Crippen molar-refractivity contribution >= 4 is 44.1 Å². The zero-order chi connectivity index (χ0) is 17.7. The van der Waals surface area contributed by atoms with Gasteiger partial charge in [0.1, 0.15) is 0 Å². The first kappa shape index (κ1) is 18.8. The van der Waals surface area contributed by atoms with E-state index in [1.165, 1.54) is 12.1 Å². The van der Waals surface area contributed by atoms with Crippen molar-refractivity contribution in [3.05, 3.63) is 39.3 Å². The highest BCUT2D eigenvalue weighted by Crippen LogP contribution is 2.15. The lowest BCUT2D eigenvalue weighted by atomic mass is 10.4. The molecule has 0 aliphatic rings. The van der Waals surface area contributed by atoms with Gasteiger partial charge < -0.3 is 9.88 Å². The Balaban J connectivity index is 1.82. The van der Waals surface area contributed by atoms with Gasteiger partial charge in [-0.05, 0) is 30.4 Å². The Labute approximate surface area is 152 Å². The molecule has 0 saturated carbocycles. The lowest BCUT2D eigenvalue weighted by Gasteiger charge is -2.08. The van der Waals surface area contributed by atoms with E-state index < -0.39 is 10.0 Å². The van der Waals surface area contributed by atoms with Gasteiger partial charge in [0, 0.05) is 24.5 Å². The summed E-state index contributed by atoms with van der Waals surface area (Å²) in [6.45, 7) is 0.209. The van der Waals surface area contributed by atoms with Gasteiger partial charge in [0.2, 0.25) is 15.9 Å². The maximum Gasteiger partial charge on any atom is 0.240 e. The first-order chi connectivity index (χ1) is 11.3. The molecule has 1 aromatic heterocycles. The summed E-state index contributed by atoms with van der Waals surface area (Å²) in [5.74, 6) is 0.295. The van der Waals surface area contributed by atoms with Crippen molar-refractivity contribution in [2.24, 2.45) is 7.05 Å². The Morgan fingerprint density at radius 2 is 2.21 bits per heavy atom. The fraction of sp³-hybridized carbons (Fsp3) is 0.308. The topological polar surface area (TPSA) is 109 Å². The Morgan fingerprint density at radius 3 is 2.83 bits per heavy atom. The molecule has 2 rings (SSSR count). The molecular weight excluding hydrogens is 418 g/mol. The summed E-state index contributed by atoms with van der Waals surface area (Å²) >= 11 is 8.19. The van der Waals surface area contributed by atoms with Crippen molar-refractivity contribution in [2.75, 3.05) is 6.54 Å². The second-order valence-corrected chi connectivity index (χ2v) is 7.96. The third kappa shape index (κ3) is 4.97. The summed E-state index contributed by atoms with van der Waals surface area (Å²) in [4.78, 5) is 11.9. The minimum absolute atomic E-state index is 0.000340. The van der Waals surface area contributed by atoms with E-state index in [9.17, 15) is 13.2 Å². The smallest absolute Gasteiger partial charge is 0.240 e. The fourth-order valence-corrected chi connectivity index (χ4v) is 3.60. The van der Waals surface area contributed by atoms with Crippen molar-refractivity contribution in [1.29, 1.82) is 0 Å². The van der Waals surface area contributed by atoms with Gasteiger partial charge in [0.05, 0.1) is 11.4 Å². The van der Waals surface area contributed by atoms with Crippen LogP contribution in [0, 0.1) is 4.77 Å². The molecule has 0 bridgehead atoms. The lowest BCUT2D eigenvalue weighted by Crippen LogP contribution is -2.31. The molecule has 8 nitrogen and oxygen atoms in total. The summed E-state index contributed by atoms with van der Waals surface area (Å²) < 4.78 is 29.4. The molecule has 0 unspecified atom stereocenters. The van der Waals surface area contributed by atoms with Crippen molar-refractivity contribution in [3.63, 3.8) is 0 Å². The summed E-state index contributed by atoms with van der Waals surface area (Å²) in [6.07, 6.45) is 0.0160. The molecule has 0 saturated heterocycles. The summed E-state index contributed by atoms with van der Waals surface area (Å²) in [6, 6.07) is 6.34. The Hall–Kier alpha value is -1.56. The van der Waals surface area contributed by atoms with Crippen molar-refractivity contribution in [3.8, 4) is 0 Å². The van der Waals surface area contributed by atoms with Crippen LogP contribution in [0.2, 0.25) is 0 Å². The number of sulfonamides is 1. The zero-order valence-corrected chi connectivity index (χ0v) is 16.0. The van der Waals surface area contributed by atoms with Crippen LogP contribution in [0.15, 0.2) is 33.6 Å². The molecule has 0 atom stereocenters. The first-order valence-electron chi connectivity index (χ1n) is 6.92. The van der Waals surface area contributed by atoms with Gasteiger partial charge in [-0.25, -0.2) is 13.1 Å². The van der Waals surface area contributed by atoms with Crippen LogP contribution in [-0.2, 0) is 28.4 Å². The minimum Gasteiger partial charge on any atom is -0.349 e. The van der Waals surface area contributed by atoms with Gasteiger partial charge in [0.25, 0.3) is 0 Å². The quantitative estimate of drug-likeness (QED) is 0.568. The number of aromatic nitrogens is 3. The van der Waals surface area contributed by atoms with Crippen LogP contribution in [0.5, 0.6) is 0 Å². The second-order valence-electron chi connectivity index (χ2n) is 4.89. The van der Waals surface area contributed by atoms with Crippen LogP contribution in [0.25, 0.3) is 0 Å². The molecule has 0 radical (unpaired) electrons. The molecule has 11 heteroatoms. The Morgan fingerprint density at radius 1 is 1.46 bits per heavy atom. The first-order valence-corrected chi connectivity index (χ1v) is 9.60. The number of carbonyl (C=O) groups is 1. The van der Waals surface area contributed by atoms with Crippen LogP contribution in [0.3, 0.4) is 0 Å². The summed E-state index contributed by atoms with van der Waals surface area (Å²) in [5, 5.41) is 9.24. The molecule has 1 aromatic carbocycles. The molecule has 0 aliphatic heterocycles. The van der Waals surface area contributed by atoms with E-state index in [1.54, 1.807) is 23.7 Å². The molecule has 130 valence electrons. The number of halogens is 1. The second kappa shape index (κ2) is 8.01. The maximum atomic E-state index is 12.1. The minimum atomic E-state index is -3.64. The van der Waals surface area contributed by atoms with Crippen LogP contribution in [0.1, 0.15) is 12.2 Å². The Kier molecular flexibility index (Phi) is 6.27. The van der Waals surface area contributed by atoms with Crippen molar-refractivity contribution in [2.45, 2.75) is 17.9 Å². The number of hydrogen-bond donors (Lipinski definition) is 3. The number of amides is 1. The lowest BCUT2D eigenvalue weighted by molar-refractivity contribution is -0.121. The average molecular weight is 434 g/mol. The van der Waals surface area contributed by atoms with Crippen LogP contribution in [0.4, 0.5) is 0 Å². The van der Waals surface area contributed by atoms with E-state index in [0.717, 1.165) is 0 Å². The monoisotopic (exact) mass is 433 g/mol. The molecule has 0 spiro atoms. The van der Waals surface area contributed by atoms with E-state index in [1.807, 2.05) is 0 Å². The molecule has 0 aliphatic carbocycles. The molecular formula is C13H16BrN5O3S2. The third-order valence-electron chi connectivity index (χ3n) is 3.17. The molecule has 1 heterocycles. The summed E-state index contributed by atoms with van der Waals surface area (Å²) in [5.41, 5.74) is 0.